The Bertz CT molecular complexity index is 644. The maximum Gasteiger partial charge on any atom is 0.308 e. The Morgan fingerprint density at radius 1 is 1.24 bits per heavy atom. The zero-order valence-electron chi connectivity index (χ0n) is 16.4. The lowest BCUT2D eigenvalue weighted by atomic mass is 9.52. The lowest BCUT2D eigenvalue weighted by Crippen LogP contribution is -2.46. The Kier molecular flexibility index (Phi) is 4.72. The van der Waals surface area contributed by atoms with Crippen molar-refractivity contribution in [1.29, 1.82) is 0 Å². The molecule has 0 saturated heterocycles. The first-order valence-corrected chi connectivity index (χ1v) is 9.85. The largest absolute Gasteiger partial charge is 0.427 e. The fourth-order valence-electron chi connectivity index (χ4n) is 6.13. The van der Waals surface area contributed by atoms with Crippen molar-refractivity contribution in [1.82, 2.24) is 0 Å². The molecule has 3 aliphatic carbocycles. The highest BCUT2D eigenvalue weighted by Gasteiger charge is 2.55. The first-order chi connectivity index (χ1) is 11.7. The number of esters is 1. The number of allylic oxidation sites excluding steroid dienone is 3. The van der Waals surface area contributed by atoms with E-state index in [2.05, 4.69) is 39.8 Å². The van der Waals surface area contributed by atoms with Crippen LogP contribution >= 0.6 is 0 Å². The zero-order chi connectivity index (χ0) is 18.4. The second kappa shape index (κ2) is 6.41. The highest BCUT2D eigenvalue weighted by molar-refractivity contribution is 5.87. The van der Waals surface area contributed by atoms with Crippen molar-refractivity contribution < 1.29 is 14.3 Å². The average Bonchev–Trinajstić information content (AvgIpc) is 2.85. The fourth-order valence-corrected chi connectivity index (χ4v) is 6.13. The van der Waals surface area contributed by atoms with Crippen molar-refractivity contribution in [2.75, 3.05) is 0 Å². The van der Waals surface area contributed by atoms with Crippen molar-refractivity contribution in [3.05, 3.63) is 23.5 Å². The topological polar surface area (TPSA) is 43.4 Å². The lowest BCUT2D eigenvalue weighted by molar-refractivity contribution is -0.136. The summed E-state index contributed by atoms with van der Waals surface area (Å²) in [4.78, 5) is 23.7. The molecule has 25 heavy (non-hydrogen) atoms. The molecule has 0 aromatic heterocycles. The van der Waals surface area contributed by atoms with E-state index in [0.717, 1.165) is 38.5 Å². The van der Waals surface area contributed by atoms with Gasteiger partial charge in [0.1, 0.15) is 11.5 Å². The van der Waals surface area contributed by atoms with Gasteiger partial charge < -0.3 is 4.74 Å². The van der Waals surface area contributed by atoms with Gasteiger partial charge in [0, 0.05) is 18.8 Å². The number of ketones is 1. The van der Waals surface area contributed by atoms with Crippen molar-refractivity contribution >= 4 is 11.8 Å². The molecule has 0 aromatic carbocycles. The summed E-state index contributed by atoms with van der Waals surface area (Å²) in [5, 5.41) is 0. The molecule has 5 unspecified atom stereocenters. The van der Waals surface area contributed by atoms with E-state index in [1.807, 2.05) is 0 Å². The highest BCUT2D eigenvalue weighted by atomic mass is 16.5. The van der Waals surface area contributed by atoms with Crippen molar-refractivity contribution in [3.8, 4) is 0 Å². The van der Waals surface area contributed by atoms with Gasteiger partial charge in [-0.1, -0.05) is 33.3 Å². The van der Waals surface area contributed by atoms with Gasteiger partial charge in [-0.05, 0) is 67.4 Å². The van der Waals surface area contributed by atoms with E-state index in [0.29, 0.717) is 29.3 Å². The first-order valence-electron chi connectivity index (χ1n) is 9.85. The predicted molar refractivity (Wildman–Crippen MR) is 98.7 cm³/mol. The monoisotopic (exact) mass is 344 g/mol. The summed E-state index contributed by atoms with van der Waals surface area (Å²) >= 11 is 0. The molecule has 2 fully saturated rings. The van der Waals surface area contributed by atoms with Gasteiger partial charge in [-0.25, -0.2) is 0 Å². The van der Waals surface area contributed by atoms with E-state index in [1.54, 1.807) is 0 Å². The number of carbonyl (C=O) groups is 2. The summed E-state index contributed by atoms with van der Waals surface area (Å²) < 4.78 is 5.33. The molecular weight excluding hydrogens is 312 g/mol. The number of Topliss-reactive ketones (excluding diaryl/α,β-unsaturated/α-hetero) is 1. The molecule has 0 aromatic rings. The van der Waals surface area contributed by atoms with Crippen LogP contribution in [0.1, 0.15) is 73.1 Å². The van der Waals surface area contributed by atoms with E-state index in [-0.39, 0.29) is 16.8 Å². The lowest BCUT2D eigenvalue weighted by Gasteiger charge is -2.52. The molecule has 0 radical (unpaired) electrons. The van der Waals surface area contributed by atoms with Gasteiger partial charge in [-0.15, -0.1) is 0 Å². The molecule has 3 nitrogen and oxygen atoms in total. The van der Waals surface area contributed by atoms with Gasteiger partial charge in [0.15, 0.2) is 0 Å². The summed E-state index contributed by atoms with van der Waals surface area (Å²) in [5.41, 5.74) is 1.40. The molecular formula is C22H32O3. The molecule has 0 N–H and O–H groups in total. The molecule has 3 heteroatoms. The molecule has 3 aliphatic rings. The van der Waals surface area contributed by atoms with E-state index in [1.165, 1.54) is 12.5 Å². The Morgan fingerprint density at radius 3 is 2.56 bits per heavy atom. The smallest absolute Gasteiger partial charge is 0.308 e. The summed E-state index contributed by atoms with van der Waals surface area (Å²) in [7, 11) is 0. The van der Waals surface area contributed by atoms with Crippen LogP contribution in [0.5, 0.6) is 0 Å². The number of ether oxygens (including phenoxy) is 1. The average molecular weight is 344 g/mol. The van der Waals surface area contributed by atoms with Crippen LogP contribution in [0.25, 0.3) is 0 Å². The predicted octanol–water partition coefficient (Wildman–Crippen LogP) is 5.21. The maximum atomic E-state index is 12.4. The van der Waals surface area contributed by atoms with Gasteiger partial charge in [0.2, 0.25) is 0 Å². The van der Waals surface area contributed by atoms with Crippen LogP contribution in [0.3, 0.4) is 0 Å². The second-order valence-electron chi connectivity index (χ2n) is 8.83. The molecule has 3 rings (SSSR count). The minimum absolute atomic E-state index is 0.0875. The number of hydrogen-bond acceptors (Lipinski definition) is 3. The molecule has 5 atom stereocenters. The third-order valence-electron chi connectivity index (χ3n) is 7.62. The third-order valence-corrected chi connectivity index (χ3v) is 7.62. The Morgan fingerprint density at radius 2 is 1.92 bits per heavy atom. The van der Waals surface area contributed by atoms with Crippen LogP contribution < -0.4 is 0 Å². The summed E-state index contributed by atoms with van der Waals surface area (Å²) in [6, 6.07) is 0. The number of rotatable bonds is 3. The number of hydrogen-bond donors (Lipinski definition) is 0. The van der Waals surface area contributed by atoms with Crippen molar-refractivity contribution in [3.63, 3.8) is 0 Å². The quantitative estimate of drug-likeness (QED) is 0.660. The zero-order valence-corrected chi connectivity index (χ0v) is 16.4. The minimum atomic E-state index is -0.257. The highest BCUT2D eigenvalue weighted by Crippen LogP contribution is 2.60. The molecule has 138 valence electrons. The van der Waals surface area contributed by atoms with Gasteiger partial charge in [0.05, 0.1) is 0 Å². The minimum Gasteiger partial charge on any atom is -0.427 e. The molecule has 0 aliphatic heterocycles. The molecule has 2 saturated carbocycles. The molecule has 0 amide bonds. The van der Waals surface area contributed by atoms with E-state index in [4.69, 9.17) is 4.74 Å². The summed E-state index contributed by atoms with van der Waals surface area (Å²) in [6.45, 7) is 10.6. The van der Waals surface area contributed by atoms with E-state index < -0.39 is 0 Å². The maximum absolute atomic E-state index is 12.4. The van der Waals surface area contributed by atoms with Crippen LogP contribution in [-0.2, 0) is 14.3 Å². The fraction of sp³-hybridized carbons (Fsp3) is 0.727. The number of carbonyl (C=O) groups excluding carboxylic acids is 2. The summed E-state index contributed by atoms with van der Waals surface area (Å²) in [5.74, 6) is 2.58. The first kappa shape index (κ1) is 18.4. The van der Waals surface area contributed by atoms with Crippen LogP contribution in [0.15, 0.2) is 23.5 Å². The van der Waals surface area contributed by atoms with Crippen LogP contribution in [0.4, 0.5) is 0 Å². The Labute approximate surface area is 151 Å². The van der Waals surface area contributed by atoms with Gasteiger partial charge in [0.25, 0.3) is 0 Å². The normalized spacial score (nSPS) is 41.0. The SMILES string of the molecule is CCC1=CC(OC(C)=O)=CCC1(C)C1CCC2(C)C(=O)CCC2C1C. The summed E-state index contributed by atoms with van der Waals surface area (Å²) in [6.07, 6.45) is 10.0. The van der Waals surface area contributed by atoms with E-state index >= 15 is 0 Å². The van der Waals surface area contributed by atoms with Crippen molar-refractivity contribution in [2.45, 2.75) is 73.1 Å². The van der Waals surface area contributed by atoms with Gasteiger partial charge in [-0.2, -0.15) is 0 Å². The van der Waals surface area contributed by atoms with Crippen molar-refractivity contribution in [2.24, 2.45) is 28.6 Å². The molecule has 0 spiro atoms. The van der Waals surface area contributed by atoms with Gasteiger partial charge in [-0.3, -0.25) is 9.59 Å². The van der Waals surface area contributed by atoms with E-state index in [9.17, 15) is 9.59 Å². The van der Waals surface area contributed by atoms with Gasteiger partial charge >= 0.3 is 5.97 Å². The second-order valence-corrected chi connectivity index (χ2v) is 8.83. The number of fused-ring (bicyclic) bond motifs is 1. The van der Waals surface area contributed by atoms with Crippen LogP contribution in [-0.4, -0.2) is 11.8 Å². The Balaban J connectivity index is 1.86. The van der Waals surface area contributed by atoms with Crippen LogP contribution in [0, 0.1) is 28.6 Å². The standard InChI is InChI=1S/C22H32O3/c1-6-16-13-17(25-15(3)23)9-11-21(16,4)19-10-12-22(5)18(14(19)2)7-8-20(22)24/h9,13-14,18-19H,6-8,10-12H2,1-5H3. The molecule has 0 heterocycles. The molecule has 0 bridgehead atoms. The van der Waals surface area contributed by atoms with Crippen LogP contribution in [0.2, 0.25) is 0 Å². The Hall–Kier alpha value is -1.38. The third kappa shape index (κ3) is 2.90.